The Bertz CT molecular complexity index is 1070. The Kier molecular flexibility index (Phi) is 5.94. The summed E-state index contributed by atoms with van der Waals surface area (Å²) in [6.45, 7) is 2.28. The maximum atomic E-state index is 13.0. The van der Waals surface area contributed by atoms with E-state index in [-0.39, 0.29) is 43.1 Å². The lowest BCUT2D eigenvalue weighted by molar-refractivity contribution is -0.139. The van der Waals surface area contributed by atoms with E-state index in [9.17, 15) is 14.4 Å². The van der Waals surface area contributed by atoms with E-state index in [1.807, 2.05) is 61.5 Å². The number of hydrogen-bond donors (Lipinski definition) is 1. The van der Waals surface area contributed by atoms with Crippen LogP contribution in [0.1, 0.15) is 51.5 Å². The van der Waals surface area contributed by atoms with Crippen molar-refractivity contribution >= 4 is 17.7 Å². The quantitative estimate of drug-likeness (QED) is 0.618. The summed E-state index contributed by atoms with van der Waals surface area (Å²) in [6, 6.07) is 24.8. The highest BCUT2D eigenvalue weighted by Crippen LogP contribution is 2.23. The second-order valence-corrected chi connectivity index (χ2v) is 7.80. The van der Waals surface area contributed by atoms with Crippen LogP contribution >= 0.6 is 0 Å². The van der Waals surface area contributed by atoms with Crippen molar-refractivity contribution in [2.75, 3.05) is 0 Å². The van der Waals surface area contributed by atoms with Gasteiger partial charge in [0.05, 0.1) is 12.6 Å². The Morgan fingerprint density at radius 1 is 0.839 bits per heavy atom. The van der Waals surface area contributed by atoms with Gasteiger partial charge >= 0.3 is 0 Å². The summed E-state index contributed by atoms with van der Waals surface area (Å²) in [6.07, 6.45) is 0.554. The molecule has 0 bridgehead atoms. The fraction of sp³-hybridized carbons (Fsp3) is 0.192. The zero-order valence-corrected chi connectivity index (χ0v) is 17.4. The van der Waals surface area contributed by atoms with Crippen LogP contribution in [0.5, 0.6) is 0 Å². The van der Waals surface area contributed by atoms with Crippen molar-refractivity contribution < 1.29 is 14.4 Å². The molecule has 3 aromatic carbocycles. The van der Waals surface area contributed by atoms with Gasteiger partial charge in [-0.25, -0.2) is 0 Å². The molecule has 4 rings (SSSR count). The van der Waals surface area contributed by atoms with Gasteiger partial charge in [-0.05, 0) is 35.7 Å². The Hall–Kier alpha value is -3.73. The summed E-state index contributed by atoms with van der Waals surface area (Å²) in [4.78, 5) is 37.9. The minimum absolute atomic E-state index is 0.143. The normalized spacial score (nSPS) is 14.5. The van der Waals surface area contributed by atoms with E-state index < -0.39 is 0 Å². The summed E-state index contributed by atoms with van der Waals surface area (Å²) < 4.78 is 0. The van der Waals surface area contributed by atoms with Gasteiger partial charge < -0.3 is 5.32 Å². The molecule has 1 aliphatic heterocycles. The molecule has 0 aliphatic carbocycles. The molecule has 1 aliphatic rings. The smallest absolute Gasteiger partial charge is 0.252 e. The monoisotopic (exact) mass is 412 g/mol. The van der Waals surface area contributed by atoms with E-state index in [0.29, 0.717) is 5.56 Å². The molecule has 156 valence electrons. The van der Waals surface area contributed by atoms with Crippen LogP contribution in [0, 0.1) is 6.92 Å². The number of aryl methyl sites for hydroxylation is 1. The van der Waals surface area contributed by atoms with E-state index in [1.165, 1.54) is 4.90 Å². The first-order valence-corrected chi connectivity index (χ1v) is 10.4. The highest BCUT2D eigenvalue weighted by atomic mass is 16.2. The molecule has 0 aromatic heterocycles. The third kappa shape index (κ3) is 4.72. The highest BCUT2D eigenvalue weighted by molar-refractivity contribution is 6.01. The van der Waals surface area contributed by atoms with Crippen LogP contribution < -0.4 is 5.32 Å². The molecule has 1 unspecified atom stereocenters. The molecule has 0 spiro atoms. The molecule has 1 heterocycles. The van der Waals surface area contributed by atoms with Gasteiger partial charge in [0, 0.05) is 18.4 Å². The SMILES string of the molecule is Cc1ccc(C(NC(=O)c2ccc(CN3C(=O)CCC3=O)cc2)c2ccccc2)cc1. The minimum atomic E-state index is -0.270. The van der Waals surface area contributed by atoms with Crippen LogP contribution in [-0.4, -0.2) is 22.6 Å². The van der Waals surface area contributed by atoms with Crippen molar-refractivity contribution in [1.29, 1.82) is 0 Å². The highest BCUT2D eigenvalue weighted by Gasteiger charge is 2.28. The van der Waals surface area contributed by atoms with Crippen molar-refractivity contribution in [3.63, 3.8) is 0 Å². The standard InChI is InChI=1S/C26H24N2O3/c1-18-7-11-21(12-8-18)25(20-5-3-2-4-6-20)27-26(31)22-13-9-19(10-14-22)17-28-23(29)15-16-24(28)30/h2-14,25H,15-17H2,1H3,(H,27,31). The lowest BCUT2D eigenvalue weighted by Gasteiger charge is -2.20. The van der Waals surface area contributed by atoms with E-state index in [2.05, 4.69) is 5.32 Å². The molecule has 1 N–H and O–H groups in total. The molecule has 1 saturated heterocycles. The molecule has 5 heteroatoms. The Morgan fingerprint density at radius 3 is 2.03 bits per heavy atom. The van der Waals surface area contributed by atoms with E-state index in [0.717, 1.165) is 22.3 Å². The van der Waals surface area contributed by atoms with Crippen LogP contribution in [-0.2, 0) is 16.1 Å². The number of carbonyl (C=O) groups is 3. The first-order chi connectivity index (χ1) is 15.0. The van der Waals surface area contributed by atoms with Crippen LogP contribution in [0.15, 0.2) is 78.9 Å². The Balaban J connectivity index is 1.51. The second kappa shape index (κ2) is 8.96. The molecule has 0 radical (unpaired) electrons. The van der Waals surface area contributed by atoms with Crippen LogP contribution in [0.4, 0.5) is 0 Å². The summed E-state index contributed by atoms with van der Waals surface area (Å²) in [7, 11) is 0. The molecule has 3 aromatic rings. The van der Waals surface area contributed by atoms with Crippen LogP contribution in [0.25, 0.3) is 0 Å². The Labute approximate surface area is 181 Å². The number of rotatable bonds is 6. The van der Waals surface area contributed by atoms with Crippen molar-refractivity contribution in [3.05, 3.63) is 107 Å². The van der Waals surface area contributed by atoms with Gasteiger partial charge in [0.2, 0.25) is 11.8 Å². The first kappa shape index (κ1) is 20.5. The number of benzene rings is 3. The van der Waals surface area contributed by atoms with E-state index in [1.54, 1.807) is 24.3 Å². The molecule has 3 amide bonds. The molecule has 1 atom stereocenters. The summed E-state index contributed by atoms with van der Waals surface area (Å²) >= 11 is 0. The third-order valence-electron chi connectivity index (χ3n) is 5.53. The number of nitrogens with one attached hydrogen (secondary N) is 1. The minimum Gasteiger partial charge on any atom is -0.341 e. The summed E-state index contributed by atoms with van der Waals surface area (Å²) in [5, 5.41) is 3.13. The molecule has 5 nitrogen and oxygen atoms in total. The van der Waals surface area contributed by atoms with Crippen molar-refractivity contribution in [1.82, 2.24) is 10.2 Å². The van der Waals surface area contributed by atoms with Gasteiger partial charge in [-0.3, -0.25) is 19.3 Å². The molecule has 0 saturated carbocycles. The van der Waals surface area contributed by atoms with Crippen molar-refractivity contribution in [2.45, 2.75) is 32.4 Å². The van der Waals surface area contributed by atoms with E-state index >= 15 is 0 Å². The first-order valence-electron chi connectivity index (χ1n) is 10.4. The average Bonchev–Trinajstić information content (AvgIpc) is 3.11. The van der Waals surface area contributed by atoms with Gasteiger partial charge in [-0.15, -0.1) is 0 Å². The molecule has 31 heavy (non-hydrogen) atoms. The maximum absolute atomic E-state index is 13.0. The van der Waals surface area contributed by atoms with Crippen molar-refractivity contribution in [3.8, 4) is 0 Å². The molecular formula is C26H24N2O3. The number of hydrogen-bond acceptors (Lipinski definition) is 3. The van der Waals surface area contributed by atoms with Crippen LogP contribution in [0.3, 0.4) is 0 Å². The molecular weight excluding hydrogens is 388 g/mol. The third-order valence-corrected chi connectivity index (χ3v) is 5.53. The second-order valence-electron chi connectivity index (χ2n) is 7.80. The predicted molar refractivity (Wildman–Crippen MR) is 118 cm³/mol. The topological polar surface area (TPSA) is 66.5 Å². The maximum Gasteiger partial charge on any atom is 0.252 e. The fourth-order valence-corrected chi connectivity index (χ4v) is 3.72. The number of amides is 3. The molecule has 1 fully saturated rings. The zero-order chi connectivity index (χ0) is 21.8. The Morgan fingerprint density at radius 2 is 1.42 bits per heavy atom. The summed E-state index contributed by atoms with van der Waals surface area (Å²) in [5.41, 5.74) is 4.51. The summed E-state index contributed by atoms with van der Waals surface area (Å²) in [5.74, 6) is -0.472. The van der Waals surface area contributed by atoms with Gasteiger partial charge in [0.15, 0.2) is 0 Å². The zero-order valence-electron chi connectivity index (χ0n) is 17.4. The number of likely N-dealkylation sites (tertiary alicyclic amines) is 1. The van der Waals surface area contributed by atoms with Crippen LogP contribution in [0.2, 0.25) is 0 Å². The van der Waals surface area contributed by atoms with Gasteiger partial charge in [0.1, 0.15) is 0 Å². The predicted octanol–water partition coefficient (Wildman–Crippen LogP) is 4.16. The van der Waals surface area contributed by atoms with E-state index in [4.69, 9.17) is 0 Å². The van der Waals surface area contributed by atoms with Crippen molar-refractivity contribution in [2.24, 2.45) is 0 Å². The lowest BCUT2D eigenvalue weighted by Crippen LogP contribution is -2.29. The lowest BCUT2D eigenvalue weighted by atomic mass is 9.97. The largest absolute Gasteiger partial charge is 0.341 e. The van der Waals surface area contributed by atoms with Gasteiger partial charge in [-0.1, -0.05) is 72.3 Å². The van der Waals surface area contributed by atoms with Gasteiger partial charge in [0.25, 0.3) is 5.91 Å². The van der Waals surface area contributed by atoms with Gasteiger partial charge in [-0.2, -0.15) is 0 Å². The average molecular weight is 412 g/mol. The fourth-order valence-electron chi connectivity index (χ4n) is 3.72. The number of carbonyl (C=O) groups excluding carboxylic acids is 3. The number of nitrogens with zero attached hydrogens (tertiary/aromatic N) is 1. The number of imide groups is 1.